The molecule has 0 radical (unpaired) electrons. The van der Waals surface area contributed by atoms with Gasteiger partial charge >= 0.3 is 59.1 Å². The molecule has 15 N–H and O–H groups in total. The van der Waals surface area contributed by atoms with Gasteiger partial charge in [0.25, 0.3) is 0 Å². The van der Waals surface area contributed by atoms with Crippen LogP contribution in [0.4, 0.5) is 0 Å². The SMILES string of the molecule is C.C.C.C.C.C.C.C.C.C.C.CN.N#N.O.O.O.O.O.O=O.OOOO.[H-].[Na+].[Na+].[OH-]. The summed E-state index contributed by atoms with van der Waals surface area (Å²) in [5.41, 5.74) is 4.50. The first-order chi connectivity index (χ1) is 4.91. The molecule has 200 valence electrons. The summed E-state index contributed by atoms with van der Waals surface area (Å²) < 4.78 is 0. The molecule has 0 atom stereocenters. The third-order valence-electron chi connectivity index (χ3n) is 0.0333. The van der Waals surface area contributed by atoms with Crippen molar-refractivity contribution in [2.45, 2.75) is 81.7 Å². The van der Waals surface area contributed by atoms with Crippen LogP contribution < -0.4 is 64.8 Å². The Labute approximate surface area is 228 Å². The molecular weight excluding hydrogens is 424 g/mol. The summed E-state index contributed by atoms with van der Waals surface area (Å²) in [4.78, 5) is 14.0. The van der Waals surface area contributed by atoms with E-state index in [9.17, 15) is 0 Å². The zero-order chi connectivity index (χ0) is 9.41. The predicted molar refractivity (Wildman–Crippen MR) is 123 cm³/mol. The number of nitrogens with zero attached hydrogens (tertiary/aromatic N) is 2. The molecule has 0 heterocycles. The van der Waals surface area contributed by atoms with Crippen LogP contribution >= 0.6 is 0 Å². The molecule has 29 heavy (non-hydrogen) atoms. The second-order valence-electron chi connectivity index (χ2n) is 0.149. The second-order valence-corrected chi connectivity index (χ2v) is 0.149. The van der Waals surface area contributed by atoms with Crippen LogP contribution in [0.3, 0.4) is 0 Å². The normalized spacial score (nSPS) is 1.45. The van der Waals surface area contributed by atoms with Gasteiger partial charge in [0.05, 0.1) is 0 Å². The maximum Gasteiger partial charge on any atom is 1.00 e. The van der Waals surface area contributed by atoms with Gasteiger partial charge in [0, 0.05) is 20.7 Å². The van der Waals surface area contributed by atoms with Gasteiger partial charge in [-0.3, -0.25) is 0 Å². The Morgan fingerprint density at radius 1 is 0.552 bits per heavy atom. The third-order valence-corrected chi connectivity index (χ3v) is 0.0333. The van der Waals surface area contributed by atoms with Crippen LogP contribution in [-0.4, -0.2) is 50.4 Å². The van der Waals surface area contributed by atoms with Crippen molar-refractivity contribution in [3.8, 4) is 0 Å². The molecule has 15 nitrogen and oxygen atoms in total. The Morgan fingerprint density at radius 2 is 0.586 bits per heavy atom. The van der Waals surface area contributed by atoms with Crippen LogP contribution in [0.15, 0.2) is 0 Å². The molecule has 0 aromatic heterocycles. The van der Waals surface area contributed by atoms with E-state index < -0.39 is 0 Å². The smallest absolute Gasteiger partial charge is 1.00 e. The Kier molecular flexibility index (Phi) is 62800. The largest absolute Gasteiger partial charge is 1.00 e. The summed E-state index contributed by atoms with van der Waals surface area (Å²) in [6.07, 6.45) is 0. The zero-order valence-electron chi connectivity index (χ0n) is 10.9. The van der Waals surface area contributed by atoms with Gasteiger partial charge < -0.3 is 40.0 Å². The number of rotatable bonds is 1. The van der Waals surface area contributed by atoms with Crippen LogP contribution in [0.25, 0.3) is 0 Å². The molecule has 0 saturated heterocycles. The fourth-order valence-electron chi connectivity index (χ4n) is 0. The van der Waals surface area contributed by atoms with Gasteiger partial charge in [-0.2, -0.15) is 0 Å². The summed E-state index contributed by atoms with van der Waals surface area (Å²) in [7, 11) is 1.50. The molecule has 0 amide bonds. The molecule has 0 saturated carbocycles. The van der Waals surface area contributed by atoms with Crippen LogP contribution in [0.5, 0.6) is 0 Å². The van der Waals surface area contributed by atoms with Crippen LogP contribution in [0.2, 0.25) is 0 Å². The Bertz CT molecular complexity index is 78.7. The first kappa shape index (κ1) is 558. The van der Waals surface area contributed by atoms with Crippen molar-refractivity contribution in [1.82, 2.24) is 0 Å². The Morgan fingerprint density at radius 3 is 0.586 bits per heavy atom. The van der Waals surface area contributed by atoms with Crippen molar-refractivity contribution in [3.63, 3.8) is 0 Å². The topological polar surface area (TPSA) is 354 Å². The van der Waals surface area contributed by atoms with Gasteiger partial charge in [-0.15, -0.1) is 0 Å². The fourth-order valence-corrected chi connectivity index (χ4v) is 0. The van der Waals surface area contributed by atoms with Crippen molar-refractivity contribution in [1.29, 1.82) is 10.8 Å². The molecule has 0 aromatic carbocycles. The summed E-state index contributed by atoms with van der Waals surface area (Å²) in [6, 6.07) is 0. The average Bonchev–Trinajstić information content (AvgIpc) is 2.14. The van der Waals surface area contributed by atoms with E-state index >= 15 is 0 Å². The molecule has 0 aliphatic heterocycles. The molecule has 17 heteroatoms. The van der Waals surface area contributed by atoms with Crippen LogP contribution in [0, 0.1) is 20.7 Å². The van der Waals surface area contributed by atoms with Crippen molar-refractivity contribution in [2.75, 3.05) is 7.05 Å². The molecule has 0 unspecified atom stereocenters. The summed E-state index contributed by atoms with van der Waals surface area (Å²) >= 11 is 0. The average molecular weight is 488 g/mol. The molecular formula is C12H63N3Na2O12. The standard InChI is InChI=1S/CH5N.11CH4.N2.2Na.H2O4.O2.6H2O.H/c1-2;;;;;;;;;;;;1-2;;;1-3-4-2;1-2;;;;;;;/h2H2,1H3;11*1H4;;;;1-2H;;6*1H2;/q;;;;;;;;;;;;;2*+1;;;;;;;;;-1/p-1. The summed E-state index contributed by atoms with van der Waals surface area (Å²) in [5.74, 6) is 0. The van der Waals surface area contributed by atoms with E-state index in [4.69, 9.17) is 31.2 Å². The van der Waals surface area contributed by atoms with E-state index in [1.165, 1.54) is 7.05 Å². The molecule has 0 fully saturated rings. The maximum absolute atomic E-state index is 7.00. The fraction of sp³-hybridized carbons (Fsp3) is 1.00. The predicted octanol–water partition coefficient (Wildman–Crippen LogP) is -3.63. The minimum absolute atomic E-state index is 0. The monoisotopic (exact) mass is 487 g/mol. The minimum Gasteiger partial charge on any atom is -1.00 e. The summed E-state index contributed by atoms with van der Waals surface area (Å²) in [5, 5.41) is 31.0. The van der Waals surface area contributed by atoms with Gasteiger partial charge in [-0.25, -0.2) is 10.5 Å². The van der Waals surface area contributed by atoms with Gasteiger partial charge in [-0.1, -0.05) is 81.7 Å². The molecule has 0 aliphatic rings. The molecule has 0 aliphatic carbocycles. The van der Waals surface area contributed by atoms with Gasteiger partial charge in [0.1, 0.15) is 0 Å². The first-order valence-corrected chi connectivity index (χ1v) is 1.48. The van der Waals surface area contributed by atoms with Crippen molar-refractivity contribution in [3.05, 3.63) is 9.93 Å². The van der Waals surface area contributed by atoms with E-state index in [-0.39, 0.29) is 175 Å². The van der Waals surface area contributed by atoms with Crippen molar-refractivity contribution >= 4 is 0 Å². The minimum atomic E-state index is 0. The van der Waals surface area contributed by atoms with Crippen molar-refractivity contribution in [2.24, 2.45) is 5.73 Å². The van der Waals surface area contributed by atoms with Gasteiger partial charge in [0.15, 0.2) is 0 Å². The Balaban J connectivity index is -0.000000000607. The van der Waals surface area contributed by atoms with E-state index in [0.717, 1.165) is 0 Å². The van der Waals surface area contributed by atoms with Crippen LogP contribution in [-0.2, 0) is 10.1 Å². The second kappa shape index (κ2) is 3270. The van der Waals surface area contributed by atoms with E-state index in [1.807, 2.05) is 0 Å². The maximum atomic E-state index is 7.00. The number of hydrogen-bond acceptors (Lipinski definition) is 10. The number of hydrogen-bond donors (Lipinski definition) is 3. The quantitative estimate of drug-likeness (QED) is 0.141. The Hall–Kier alpha value is 0.580. The van der Waals surface area contributed by atoms with E-state index in [0.29, 0.717) is 0 Å². The molecule has 0 spiro atoms. The zero-order valence-corrected chi connectivity index (χ0v) is 13.9. The third kappa shape index (κ3) is 8090. The van der Waals surface area contributed by atoms with Crippen LogP contribution in [0.1, 0.15) is 83.1 Å². The van der Waals surface area contributed by atoms with Gasteiger partial charge in [-0.05, 0) is 17.1 Å². The molecule has 0 aromatic rings. The van der Waals surface area contributed by atoms with E-state index in [1.54, 1.807) is 0 Å². The first-order valence-electron chi connectivity index (χ1n) is 1.48. The van der Waals surface area contributed by atoms with E-state index in [2.05, 4.69) is 15.8 Å². The van der Waals surface area contributed by atoms with Gasteiger partial charge in [0.2, 0.25) is 0 Å². The van der Waals surface area contributed by atoms with Crippen molar-refractivity contribution < 1.29 is 114 Å². The number of nitrogens with two attached hydrogens (primary N) is 1. The molecule has 0 rings (SSSR count). The summed E-state index contributed by atoms with van der Waals surface area (Å²) in [6.45, 7) is 0. The molecule has 0 bridgehead atoms.